The van der Waals surface area contributed by atoms with Gasteiger partial charge in [-0.05, 0) is 49.8 Å². The number of carboxylic acid groups (broad SMARTS) is 1. The maximum Gasteiger partial charge on any atom is 0.335 e. The van der Waals surface area contributed by atoms with E-state index in [0.717, 1.165) is 24.3 Å². The molecule has 28 heavy (non-hydrogen) atoms. The van der Waals surface area contributed by atoms with Crippen LogP contribution in [0.5, 0.6) is 0 Å². The summed E-state index contributed by atoms with van der Waals surface area (Å²) in [5.41, 5.74) is 2.78. The Balaban J connectivity index is 1.52. The number of nitrogens with zero attached hydrogens (tertiary/aromatic N) is 1. The van der Waals surface area contributed by atoms with E-state index in [9.17, 15) is 9.59 Å². The molecule has 0 spiro atoms. The average molecular weight is 382 g/mol. The fraction of sp³-hybridized carbons (Fsp3) is 0.500. The molecule has 1 atom stereocenters. The average Bonchev–Trinajstić information content (AvgIpc) is 3.30. The number of amides is 1. The quantitative estimate of drug-likeness (QED) is 0.645. The minimum Gasteiger partial charge on any atom is -0.478 e. The van der Waals surface area contributed by atoms with Gasteiger partial charge in [-0.25, -0.2) is 4.79 Å². The SMILES string of the molecule is C/C(=C\C=C/C1CCC(=O)N1CCc1ccc(C(=O)O)cc1)CC1CCCC1. The van der Waals surface area contributed by atoms with Crippen LogP contribution in [-0.2, 0) is 11.2 Å². The van der Waals surface area contributed by atoms with Gasteiger partial charge < -0.3 is 10.0 Å². The molecule has 4 heteroatoms. The van der Waals surface area contributed by atoms with Gasteiger partial charge in [0.2, 0.25) is 5.91 Å². The molecular formula is C24H31NO3. The molecule has 1 N–H and O–H groups in total. The summed E-state index contributed by atoms with van der Waals surface area (Å²) in [5.74, 6) is 0.160. The molecule has 150 valence electrons. The smallest absolute Gasteiger partial charge is 0.335 e. The Morgan fingerprint density at radius 2 is 1.89 bits per heavy atom. The molecule has 2 fully saturated rings. The number of hydrogen-bond donors (Lipinski definition) is 1. The summed E-state index contributed by atoms with van der Waals surface area (Å²) < 4.78 is 0. The van der Waals surface area contributed by atoms with Crippen LogP contribution in [0, 0.1) is 5.92 Å². The first-order valence-corrected chi connectivity index (χ1v) is 10.5. The molecule has 1 aromatic carbocycles. The molecule has 1 unspecified atom stereocenters. The van der Waals surface area contributed by atoms with Crippen LogP contribution in [0.4, 0.5) is 0 Å². The van der Waals surface area contributed by atoms with E-state index in [0.29, 0.717) is 18.5 Å². The summed E-state index contributed by atoms with van der Waals surface area (Å²) in [6.07, 6.45) is 15.4. The molecule has 2 aliphatic rings. The number of hydrogen-bond acceptors (Lipinski definition) is 2. The van der Waals surface area contributed by atoms with Gasteiger partial charge in [-0.15, -0.1) is 0 Å². The number of carbonyl (C=O) groups excluding carboxylic acids is 1. The van der Waals surface area contributed by atoms with Gasteiger partial charge >= 0.3 is 5.97 Å². The highest BCUT2D eigenvalue weighted by Gasteiger charge is 2.28. The van der Waals surface area contributed by atoms with Gasteiger partial charge in [-0.2, -0.15) is 0 Å². The molecule has 1 saturated carbocycles. The topological polar surface area (TPSA) is 57.6 Å². The maximum atomic E-state index is 12.3. The number of allylic oxidation sites excluding steroid dienone is 3. The van der Waals surface area contributed by atoms with Crippen molar-refractivity contribution in [1.29, 1.82) is 0 Å². The van der Waals surface area contributed by atoms with Gasteiger partial charge in [0, 0.05) is 13.0 Å². The van der Waals surface area contributed by atoms with Gasteiger partial charge in [-0.3, -0.25) is 4.79 Å². The van der Waals surface area contributed by atoms with E-state index < -0.39 is 5.97 Å². The highest BCUT2D eigenvalue weighted by molar-refractivity contribution is 5.87. The lowest BCUT2D eigenvalue weighted by atomic mass is 9.98. The van der Waals surface area contributed by atoms with Gasteiger partial charge in [0.1, 0.15) is 0 Å². The first kappa shape index (κ1) is 20.4. The van der Waals surface area contributed by atoms with Crippen LogP contribution in [0.25, 0.3) is 0 Å². The van der Waals surface area contributed by atoms with E-state index >= 15 is 0 Å². The zero-order valence-electron chi connectivity index (χ0n) is 16.8. The molecular weight excluding hydrogens is 350 g/mol. The zero-order chi connectivity index (χ0) is 19.9. The Labute approximate surface area is 167 Å². The number of carboxylic acids is 1. The van der Waals surface area contributed by atoms with Crippen molar-refractivity contribution in [2.75, 3.05) is 6.54 Å². The van der Waals surface area contributed by atoms with Crippen LogP contribution in [0.1, 0.15) is 67.8 Å². The Morgan fingerprint density at radius 3 is 2.57 bits per heavy atom. The van der Waals surface area contributed by atoms with Gasteiger partial charge in [-0.1, -0.05) is 61.6 Å². The van der Waals surface area contributed by atoms with Crippen LogP contribution in [-0.4, -0.2) is 34.5 Å². The molecule has 1 saturated heterocycles. The zero-order valence-corrected chi connectivity index (χ0v) is 16.8. The van der Waals surface area contributed by atoms with Crippen LogP contribution in [0.2, 0.25) is 0 Å². The van der Waals surface area contributed by atoms with E-state index in [-0.39, 0.29) is 11.9 Å². The Morgan fingerprint density at radius 1 is 1.18 bits per heavy atom. The largest absolute Gasteiger partial charge is 0.478 e. The van der Waals surface area contributed by atoms with E-state index in [1.165, 1.54) is 37.7 Å². The number of benzene rings is 1. The summed E-state index contributed by atoms with van der Waals surface area (Å²) in [5, 5.41) is 8.98. The van der Waals surface area contributed by atoms with Crippen LogP contribution >= 0.6 is 0 Å². The van der Waals surface area contributed by atoms with E-state index in [1.54, 1.807) is 12.1 Å². The van der Waals surface area contributed by atoms with Crippen LogP contribution in [0.15, 0.2) is 48.1 Å². The fourth-order valence-electron chi connectivity index (χ4n) is 4.40. The molecule has 1 aliphatic heterocycles. The Kier molecular flexibility index (Phi) is 7.07. The van der Waals surface area contributed by atoms with Crippen molar-refractivity contribution >= 4 is 11.9 Å². The molecule has 0 aromatic heterocycles. The second-order valence-electron chi connectivity index (χ2n) is 8.20. The monoisotopic (exact) mass is 381 g/mol. The van der Waals surface area contributed by atoms with Gasteiger partial charge in [0.25, 0.3) is 0 Å². The maximum absolute atomic E-state index is 12.3. The second-order valence-corrected chi connectivity index (χ2v) is 8.20. The molecule has 0 radical (unpaired) electrons. The molecule has 4 nitrogen and oxygen atoms in total. The predicted octanol–water partition coefficient (Wildman–Crippen LogP) is 5.00. The predicted molar refractivity (Wildman–Crippen MR) is 111 cm³/mol. The van der Waals surface area contributed by atoms with Crippen molar-refractivity contribution in [2.24, 2.45) is 5.92 Å². The highest BCUT2D eigenvalue weighted by atomic mass is 16.4. The first-order valence-electron chi connectivity index (χ1n) is 10.5. The second kappa shape index (κ2) is 9.72. The molecule has 0 bridgehead atoms. The lowest BCUT2D eigenvalue weighted by molar-refractivity contribution is -0.128. The molecule has 3 rings (SSSR count). The van der Waals surface area contributed by atoms with Crippen LogP contribution in [0.3, 0.4) is 0 Å². The summed E-state index contributed by atoms with van der Waals surface area (Å²) in [7, 11) is 0. The Bertz CT molecular complexity index is 742. The number of carbonyl (C=O) groups is 2. The minimum atomic E-state index is -0.914. The van der Waals surface area contributed by atoms with Gasteiger partial charge in [0.05, 0.1) is 11.6 Å². The van der Waals surface area contributed by atoms with E-state index in [4.69, 9.17) is 5.11 Å². The standard InChI is InChI=1S/C24H31NO3/c1-18(17-20-6-2-3-7-20)5-4-8-22-13-14-23(26)25(22)16-15-19-9-11-21(12-10-19)24(27)28/h4-5,8-12,20,22H,2-3,6-7,13-17H2,1H3,(H,27,28)/b8-4-,18-5+. The summed E-state index contributed by atoms with van der Waals surface area (Å²) in [6.45, 7) is 2.88. The third-order valence-corrected chi connectivity index (χ3v) is 6.02. The first-order chi connectivity index (χ1) is 13.5. The third kappa shape index (κ3) is 5.57. The normalized spacial score (nSPS) is 21.2. The van der Waals surface area contributed by atoms with Crippen molar-refractivity contribution in [2.45, 2.75) is 64.3 Å². The summed E-state index contributed by atoms with van der Waals surface area (Å²) in [6, 6.07) is 7.09. The number of likely N-dealkylation sites (tertiary alicyclic amines) is 1. The number of rotatable bonds is 8. The van der Waals surface area contributed by atoms with Gasteiger partial charge in [0.15, 0.2) is 0 Å². The molecule has 1 heterocycles. The lowest BCUT2D eigenvalue weighted by Crippen LogP contribution is -2.33. The van der Waals surface area contributed by atoms with E-state index in [2.05, 4.69) is 25.2 Å². The summed E-state index contributed by atoms with van der Waals surface area (Å²) in [4.78, 5) is 25.2. The molecule has 1 aromatic rings. The molecule has 1 amide bonds. The fourth-order valence-corrected chi connectivity index (χ4v) is 4.40. The third-order valence-electron chi connectivity index (χ3n) is 6.02. The van der Waals surface area contributed by atoms with Crippen molar-refractivity contribution in [1.82, 2.24) is 4.90 Å². The number of aromatic carboxylic acids is 1. The Hall–Kier alpha value is -2.36. The lowest BCUT2D eigenvalue weighted by Gasteiger charge is -2.22. The van der Waals surface area contributed by atoms with Crippen LogP contribution < -0.4 is 0 Å². The van der Waals surface area contributed by atoms with Crippen molar-refractivity contribution < 1.29 is 14.7 Å². The van der Waals surface area contributed by atoms with Crippen molar-refractivity contribution in [3.8, 4) is 0 Å². The van der Waals surface area contributed by atoms with Crippen molar-refractivity contribution in [3.05, 3.63) is 59.2 Å². The van der Waals surface area contributed by atoms with E-state index in [1.807, 2.05) is 17.0 Å². The highest BCUT2D eigenvalue weighted by Crippen LogP contribution is 2.30. The van der Waals surface area contributed by atoms with Crippen molar-refractivity contribution in [3.63, 3.8) is 0 Å². The molecule has 1 aliphatic carbocycles. The minimum absolute atomic E-state index is 0.168. The summed E-state index contributed by atoms with van der Waals surface area (Å²) >= 11 is 0.